The Morgan fingerprint density at radius 3 is 2.77 bits per heavy atom. The van der Waals surface area contributed by atoms with Gasteiger partial charge in [0.05, 0.1) is 6.04 Å². The van der Waals surface area contributed by atoms with Crippen molar-refractivity contribution in [1.82, 2.24) is 5.32 Å². The smallest absolute Gasteiger partial charge is 0.217 e. The average molecular weight is 173 g/mol. The fourth-order valence-corrected chi connectivity index (χ4v) is 1.22. The summed E-state index contributed by atoms with van der Waals surface area (Å²) in [5, 5.41) is 2.79. The van der Waals surface area contributed by atoms with E-state index in [4.69, 9.17) is 7.85 Å². The highest BCUT2D eigenvalue weighted by atomic mass is 16.1. The highest BCUT2D eigenvalue weighted by Gasteiger charge is 2.05. The molecule has 1 aromatic carbocycles. The van der Waals surface area contributed by atoms with Gasteiger partial charge in [-0.15, -0.1) is 0 Å². The van der Waals surface area contributed by atoms with Crippen LogP contribution in [-0.4, -0.2) is 13.8 Å². The van der Waals surface area contributed by atoms with Gasteiger partial charge < -0.3 is 5.32 Å². The van der Waals surface area contributed by atoms with Gasteiger partial charge in [-0.3, -0.25) is 4.79 Å². The van der Waals surface area contributed by atoms with Gasteiger partial charge >= 0.3 is 0 Å². The van der Waals surface area contributed by atoms with E-state index in [0.717, 1.165) is 11.0 Å². The molecule has 1 atom stereocenters. The van der Waals surface area contributed by atoms with Crippen LogP contribution in [0.25, 0.3) is 0 Å². The van der Waals surface area contributed by atoms with Gasteiger partial charge in [0.15, 0.2) is 0 Å². The summed E-state index contributed by atoms with van der Waals surface area (Å²) < 4.78 is 0. The van der Waals surface area contributed by atoms with Gasteiger partial charge in [-0.25, -0.2) is 0 Å². The molecule has 0 aliphatic rings. The van der Waals surface area contributed by atoms with Crippen molar-refractivity contribution < 1.29 is 4.79 Å². The first kappa shape index (κ1) is 9.84. The maximum absolute atomic E-state index is 10.8. The maximum atomic E-state index is 10.8. The quantitative estimate of drug-likeness (QED) is 0.654. The Labute approximate surface area is 79.8 Å². The monoisotopic (exact) mass is 173 g/mol. The second-order valence-corrected chi connectivity index (χ2v) is 3.09. The van der Waals surface area contributed by atoms with Crippen LogP contribution in [0.15, 0.2) is 24.3 Å². The lowest BCUT2D eigenvalue weighted by atomic mass is 9.93. The van der Waals surface area contributed by atoms with Crippen LogP contribution in [-0.2, 0) is 4.79 Å². The second-order valence-electron chi connectivity index (χ2n) is 3.09. The number of hydrogen-bond donors (Lipinski definition) is 1. The lowest BCUT2D eigenvalue weighted by Crippen LogP contribution is -2.24. The van der Waals surface area contributed by atoms with Gasteiger partial charge in [-0.05, 0) is 12.5 Å². The van der Waals surface area contributed by atoms with Crippen molar-refractivity contribution in [3.8, 4) is 0 Å². The van der Waals surface area contributed by atoms with Crippen molar-refractivity contribution >= 4 is 19.2 Å². The lowest BCUT2D eigenvalue weighted by molar-refractivity contribution is -0.119. The minimum atomic E-state index is -0.0325. The molecule has 0 aromatic heterocycles. The summed E-state index contributed by atoms with van der Waals surface area (Å²) in [6.07, 6.45) is 0. The van der Waals surface area contributed by atoms with E-state index in [0.29, 0.717) is 0 Å². The van der Waals surface area contributed by atoms with Crippen molar-refractivity contribution in [2.75, 3.05) is 0 Å². The van der Waals surface area contributed by atoms with Gasteiger partial charge in [-0.2, -0.15) is 0 Å². The fourth-order valence-electron chi connectivity index (χ4n) is 1.22. The normalized spacial score (nSPS) is 12.2. The van der Waals surface area contributed by atoms with Crippen LogP contribution < -0.4 is 10.8 Å². The number of rotatable bonds is 2. The predicted molar refractivity (Wildman–Crippen MR) is 54.1 cm³/mol. The molecule has 0 bridgehead atoms. The summed E-state index contributed by atoms with van der Waals surface area (Å²) in [5.41, 5.74) is 1.74. The first-order chi connectivity index (χ1) is 6.09. The lowest BCUT2D eigenvalue weighted by Gasteiger charge is -2.13. The molecule has 66 valence electrons. The molecule has 1 unspecified atom stereocenters. The standard InChI is InChI=1S/C10H12BNO/c1-7(12-8(2)13)9-4-3-5-10(11)6-9/h3-7H,1-2H3,(H,12,13). The van der Waals surface area contributed by atoms with Crippen LogP contribution in [0.3, 0.4) is 0 Å². The molecule has 1 aromatic rings. The van der Waals surface area contributed by atoms with Crippen molar-refractivity contribution in [2.24, 2.45) is 0 Å². The first-order valence-corrected chi connectivity index (χ1v) is 4.22. The van der Waals surface area contributed by atoms with Crippen LogP contribution in [0.1, 0.15) is 25.5 Å². The second kappa shape index (κ2) is 4.12. The van der Waals surface area contributed by atoms with Crippen molar-refractivity contribution in [2.45, 2.75) is 19.9 Å². The summed E-state index contributed by atoms with van der Waals surface area (Å²) >= 11 is 0. The van der Waals surface area contributed by atoms with Crippen molar-refractivity contribution in [3.63, 3.8) is 0 Å². The van der Waals surface area contributed by atoms with E-state index in [2.05, 4.69) is 5.32 Å². The highest BCUT2D eigenvalue weighted by Crippen LogP contribution is 2.09. The van der Waals surface area contributed by atoms with E-state index >= 15 is 0 Å². The molecule has 0 saturated heterocycles. The number of nitrogens with one attached hydrogen (secondary N) is 1. The summed E-state index contributed by atoms with van der Waals surface area (Å²) in [6, 6.07) is 7.52. The van der Waals surface area contributed by atoms with Gasteiger partial charge in [0.25, 0.3) is 0 Å². The molecular formula is C10H12BNO. The Balaban J connectivity index is 2.76. The number of hydrogen-bond acceptors (Lipinski definition) is 1. The fraction of sp³-hybridized carbons (Fsp3) is 0.300. The highest BCUT2D eigenvalue weighted by molar-refractivity contribution is 6.32. The van der Waals surface area contributed by atoms with Gasteiger partial charge in [-0.1, -0.05) is 29.7 Å². The van der Waals surface area contributed by atoms with Gasteiger partial charge in [0.2, 0.25) is 5.91 Å². The largest absolute Gasteiger partial charge is 0.350 e. The molecule has 1 N–H and O–H groups in total. The maximum Gasteiger partial charge on any atom is 0.217 e. The Bertz CT molecular complexity index is 312. The van der Waals surface area contributed by atoms with E-state index in [1.165, 1.54) is 6.92 Å². The molecule has 1 amide bonds. The molecule has 0 heterocycles. The number of carbonyl (C=O) groups is 1. The molecule has 1 rings (SSSR count). The molecule has 0 spiro atoms. The molecule has 0 saturated carbocycles. The molecule has 13 heavy (non-hydrogen) atoms. The zero-order chi connectivity index (χ0) is 9.84. The predicted octanol–water partition coefficient (Wildman–Crippen LogP) is 0.678. The van der Waals surface area contributed by atoms with E-state index in [-0.39, 0.29) is 11.9 Å². The number of carbonyl (C=O) groups excluding carboxylic acids is 1. The van der Waals surface area contributed by atoms with Crippen LogP contribution in [0.2, 0.25) is 0 Å². The van der Waals surface area contributed by atoms with E-state index in [9.17, 15) is 4.79 Å². The minimum Gasteiger partial charge on any atom is -0.350 e. The summed E-state index contributed by atoms with van der Waals surface area (Å²) in [6.45, 7) is 3.43. The third kappa shape index (κ3) is 2.94. The number of benzene rings is 1. The molecule has 2 nitrogen and oxygen atoms in total. The third-order valence-corrected chi connectivity index (χ3v) is 1.83. The zero-order valence-electron chi connectivity index (χ0n) is 7.87. The van der Waals surface area contributed by atoms with Crippen LogP contribution in [0.5, 0.6) is 0 Å². The Hall–Kier alpha value is -1.25. The van der Waals surface area contributed by atoms with Gasteiger partial charge in [0.1, 0.15) is 7.85 Å². The molecule has 0 aliphatic heterocycles. The average Bonchev–Trinajstić information content (AvgIpc) is 2.03. The van der Waals surface area contributed by atoms with Crippen LogP contribution >= 0.6 is 0 Å². The summed E-state index contributed by atoms with van der Waals surface area (Å²) in [7, 11) is 5.61. The van der Waals surface area contributed by atoms with Crippen molar-refractivity contribution in [3.05, 3.63) is 29.8 Å². The van der Waals surface area contributed by atoms with Crippen LogP contribution in [0.4, 0.5) is 0 Å². The molecule has 0 fully saturated rings. The Morgan fingerprint density at radius 1 is 1.54 bits per heavy atom. The SMILES string of the molecule is [B]c1cccc(C(C)NC(C)=O)c1. The van der Waals surface area contributed by atoms with Crippen molar-refractivity contribution in [1.29, 1.82) is 0 Å². The molecule has 3 heteroatoms. The van der Waals surface area contributed by atoms with E-state index < -0.39 is 0 Å². The molecular weight excluding hydrogens is 161 g/mol. The molecule has 2 radical (unpaired) electrons. The molecule has 0 aliphatic carbocycles. The minimum absolute atomic E-state index is 0.0148. The number of amides is 1. The van der Waals surface area contributed by atoms with Gasteiger partial charge in [0, 0.05) is 6.92 Å². The topological polar surface area (TPSA) is 29.1 Å². The summed E-state index contributed by atoms with van der Waals surface area (Å²) in [4.78, 5) is 10.8. The Morgan fingerprint density at radius 2 is 2.23 bits per heavy atom. The van der Waals surface area contributed by atoms with E-state index in [1.807, 2.05) is 31.2 Å². The van der Waals surface area contributed by atoms with Crippen LogP contribution in [0, 0.1) is 0 Å². The Kier molecular flexibility index (Phi) is 3.12. The zero-order valence-corrected chi connectivity index (χ0v) is 7.87. The summed E-state index contributed by atoms with van der Waals surface area (Å²) in [5.74, 6) is -0.0325. The first-order valence-electron chi connectivity index (χ1n) is 4.22. The van der Waals surface area contributed by atoms with E-state index in [1.54, 1.807) is 0 Å². The third-order valence-electron chi connectivity index (χ3n) is 1.83.